The topological polar surface area (TPSA) is 80.3 Å². The van der Waals surface area contributed by atoms with E-state index in [1.165, 1.54) is 0 Å². The van der Waals surface area contributed by atoms with Crippen molar-refractivity contribution in [2.45, 2.75) is 56.4 Å². The summed E-state index contributed by atoms with van der Waals surface area (Å²) < 4.78 is 27.8. The molecule has 2 aliphatic heterocycles. The number of benzene rings is 1. The van der Waals surface area contributed by atoms with Crippen LogP contribution in [0.1, 0.15) is 37.0 Å². The van der Waals surface area contributed by atoms with Crippen molar-refractivity contribution in [3.63, 3.8) is 0 Å². The van der Waals surface area contributed by atoms with Crippen molar-refractivity contribution in [2.75, 3.05) is 7.11 Å². The fourth-order valence-electron chi connectivity index (χ4n) is 3.79. The van der Waals surface area contributed by atoms with Crippen LogP contribution in [-0.4, -0.2) is 48.7 Å². The van der Waals surface area contributed by atoms with Crippen molar-refractivity contribution in [3.8, 4) is 5.75 Å². The maximum absolute atomic E-state index is 12.5. The summed E-state index contributed by atoms with van der Waals surface area (Å²) in [5.74, 6) is -1.21. The lowest BCUT2D eigenvalue weighted by atomic mass is 9.82. The standard InChI is InChI=1S/C18H20O7/c1-17(2)23-13-9-18(8-12(14(13)24-17)22-16(18)20)25-15(19)10-4-6-11(21-3)7-5-10/h4-7,12-14H,8-9H2,1-3H3/t12-,13+,14-,18+/m0/s1. The second kappa shape index (κ2) is 5.44. The van der Waals surface area contributed by atoms with Crippen LogP contribution in [0.3, 0.4) is 0 Å². The summed E-state index contributed by atoms with van der Waals surface area (Å²) in [5.41, 5.74) is -0.968. The predicted octanol–water partition coefficient (Wildman–Crippen LogP) is 1.83. The Labute approximate surface area is 145 Å². The Balaban J connectivity index is 1.54. The maximum Gasteiger partial charge on any atom is 0.351 e. The first-order valence-corrected chi connectivity index (χ1v) is 8.26. The minimum Gasteiger partial charge on any atom is -0.497 e. The molecule has 0 amide bonds. The first-order valence-electron chi connectivity index (χ1n) is 8.26. The maximum atomic E-state index is 12.5. The molecule has 0 radical (unpaired) electrons. The first kappa shape index (κ1) is 16.4. The van der Waals surface area contributed by atoms with Gasteiger partial charge in [0, 0.05) is 12.8 Å². The highest BCUT2D eigenvalue weighted by atomic mass is 16.8. The van der Waals surface area contributed by atoms with Crippen molar-refractivity contribution in [2.24, 2.45) is 0 Å². The van der Waals surface area contributed by atoms with Gasteiger partial charge in [-0.3, -0.25) is 0 Å². The molecule has 2 saturated heterocycles. The fraction of sp³-hybridized carbons (Fsp3) is 0.556. The van der Waals surface area contributed by atoms with Gasteiger partial charge in [-0.2, -0.15) is 0 Å². The van der Waals surface area contributed by atoms with E-state index in [4.69, 9.17) is 23.7 Å². The summed E-state index contributed by atoms with van der Waals surface area (Å²) >= 11 is 0. The monoisotopic (exact) mass is 348 g/mol. The highest BCUT2D eigenvalue weighted by molar-refractivity contribution is 5.93. The SMILES string of the molecule is COc1ccc(C(=O)O[C@@]23C[C@H](OC2=O)[C@@H]2OC(C)(C)O[C@@H]2C3)cc1. The Hall–Kier alpha value is -2.12. The molecule has 2 heterocycles. The van der Waals surface area contributed by atoms with E-state index in [-0.39, 0.29) is 25.0 Å². The molecule has 3 aliphatic rings. The molecule has 1 aromatic carbocycles. The molecule has 3 fully saturated rings. The lowest BCUT2D eigenvalue weighted by molar-refractivity contribution is -0.172. The lowest BCUT2D eigenvalue weighted by Gasteiger charge is -2.32. The number of hydrogen-bond donors (Lipinski definition) is 0. The number of fused-ring (bicyclic) bond motifs is 4. The molecular weight excluding hydrogens is 328 g/mol. The second-order valence-electron chi connectivity index (χ2n) is 7.10. The van der Waals surface area contributed by atoms with Crippen LogP contribution in [0.25, 0.3) is 0 Å². The summed E-state index contributed by atoms with van der Waals surface area (Å²) in [4.78, 5) is 24.9. The lowest BCUT2D eigenvalue weighted by Crippen LogP contribution is -2.49. The molecule has 0 unspecified atom stereocenters. The minimum atomic E-state index is -1.31. The molecule has 7 nitrogen and oxygen atoms in total. The van der Waals surface area contributed by atoms with Gasteiger partial charge in [-0.15, -0.1) is 0 Å². The van der Waals surface area contributed by atoms with Crippen LogP contribution < -0.4 is 4.74 Å². The molecule has 4 rings (SSSR count). The van der Waals surface area contributed by atoms with Gasteiger partial charge in [0.1, 0.15) is 18.0 Å². The Morgan fingerprint density at radius 2 is 1.80 bits per heavy atom. The molecule has 0 aromatic heterocycles. The Morgan fingerprint density at radius 1 is 1.12 bits per heavy atom. The van der Waals surface area contributed by atoms with Gasteiger partial charge in [-0.1, -0.05) is 0 Å². The number of carbonyl (C=O) groups is 2. The average molecular weight is 348 g/mol. The largest absolute Gasteiger partial charge is 0.497 e. The summed E-state index contributed by atoms with van der Waals surface area (Å²) in [7, 11) is 1.55. The van der Waals surface area contributed by atoms with E-state index in [2.05, 4.69) is 0 Å². The van der Waals surface area contributed by atoms with Gasteiger partial charge < -0.3 is 23.7 Å². The first-order chi connectivity index (χ1) is 11.8. The van der Waals surface area contributed by atoms with Gasteiger partial charge in [0.05, 0.1) is 18.8 Å². The highest BCUT2D eigenvalue weighted by Crippen LogP contribution is 2.48. The van der Waals surface area contributed by atoms with Gasteiger partial charge in [-0.05, 0) is 38.1 Å². The van der Waals surface area contributed by atoms with E-state index in [1.807, 2.05) is 13.8 Å². The molecule has 7 heteroatoms. The third kappa shape index (κ3) is 2.67. The van der Waals surface area contributed by atoms with E-state index in [0.717, 1.165) is 0 Å². The zero-order chi connectivity index (χ0) is 17.8. The molecule has 1 saturated carbocycles. The zero-order valence-electron chi connectivity index (χ0n) is 14.3. The van der Waals surface area contributed by atoms with Crippen LogP contribution in [0.15, 0.2) is 24.3 Å². The molecule has 1 aliphatic carbocycles. The summed E-state index contributed by atoms with van der Waals surface area (Å²) in [6.07, 6.45) is -0.609. The average Bonchev–Trinajstić information content (AvgIpc) is 3.02. The molecule has 4 atom stereocenters. The molecule has 25 heavy (non-hydrogen) atoms. The predicted molar refractivity (Wildman–Crippen MR) is 84.1 cm³/mol. The highest BCUT2D eigenvalue weighted by Gasteiger charge is 2.65. The molecule has 0 spiro atoms. The number of rotatable bonds is 3. The molecule has 2 bridgehead atoms. The second-order valence-corrected chi connectivity index (χ2v) is 7.10. The van der Waals surface area contributed by atoms with Crippen molar-refractivity contribution in [1.82, 2.24) is 0 Å². The van der Waals surface area contributed by atoms with Crippen molar-refractivity contribution in [3.05, 3.63) is 29.8 Å². The van der Waals surface area contributed by atoms with Crippen LogP contribution >= 0.6 is 0 Å². The summed E-state index contributed by atoms with van der Waals surface area (Å²) in [6.45, 7) is 3.63. The number of esters is 2. The van der Waals surface area contributed by atoms with Crippen molar-refractivity contribution < 1.29 is 33.3 Å². The molecular formula is C18H20O7. The van der Waals surface area contributed by atoms with Crippen LogP contribution in [0, 0.1) is 0 Å². The van der Waals surface area contributed by atoms with E-state index < -0.39 is 29.4 Å². The van der Waals surface area contributed by atoms with Gasteiger partial charge in [0.2, 0.25) is 5.60 Å². The summed E-state index contributed by atoms with van der Waals surface area (Å²) in [6, 6.07) is 6.52. The number of ether oxygens (including phenoxy) is 5. The van der Waals surface area contributed by atoms with Crippen LogP contribution in [0.2, 0.25) is 0 Å². The van der Waals surface area contributed by atoms with E-state index >= 15 is 0 Å². The Kier molecular flexibility index (Phi) is 3.56. The molecule has 0 N–H and O–H groups in total. The Morgan fingerprint density at radius 3 is 2.48 bits per heavy atom. The molecule has 1 aromatic rings. The number of carbonyl (C=O) groups excluding carboxylic acids is 2. The van der Waals surface area contributed by atoms with E-state index in [9.17, 15) is 9.59 Å². The number of hydrogen-bond acceptors (Lipinski definition) is 7. The van der Waals surface area contributed by atoms with Crippen LogP contribution in [0.4, 0.5) is 0 Å². The van der Waals surface area contributed by atoms with Crippen LogP contribution in [0.5, 0.6) is 5.75 Å². The van der Waals surface area contributed by atoms with Crippen molar-refractivity contribution >= 4 is 11.9 Å². The van der Waals surface area contributed by atoms with E-state index in [0.29, 0.717) is 11.3 Å². The molecule has 134 valence electrons. The van der Waals surface area contributed by atoms with Gasteiger partial charge in [-0.25, -0.2) is 9.59 Å². The summed E-state index contributed by atoms with van der Waals surface area (Å²) in [5, 5.41) is 0. The smallest absolute Gasteiger partial charge is 0.351 e. The third-order valence-electron chi connectivity index (χ3n) is 4.89. The van der Waals surface area contributed by atoms with Gasteiger partial charge in [0.15, 0.2) is 5.79 Å². The van der Waals surface area contributed by atoms with Gasteiger partial charge >= 0.3 is 11.9 Å². The third-order valence-corrected chi connectivity index (χ3v) is 4.89. The van der Waals surface area contributed by atoms with Gasteiger partial charge in [0.25, 0.3) is 0 Å². The zero-order valence-corrected chi connectivity index (χ0v) is 14.3. The fourth-order valence-corrected chi connectivity index (χ4v) is 3.79. The minimum absolute atomic E-state index is 0.234. The number of methoxy groups -OCH3 is 1. The Bertz CT molecular complexity index is 711. The van der Waals surface area contributed by atoms with E-state index in [1.54, 1.807) is 31.4 Å². The quantitative estimate of drug-likeness (QED) is 0.771. The van der Waals surface area contributed by atoms with Crippen LogP contribution in [-0.2, 0) is 23.7 Å². The van der Waals surface area contributed by atoms with Crippen molar-refractivity contribution in [1.29, 1.82) is 0 Å². The normalized spacial score (nSPS) is 35.0.